The second kappa shape index (κ2) is 4.07. The van der Waals surface area contributed by atoms with Gasteiger partial charge in [0.05, 0.1) is 0 Å². The fourth-order valence-corrected chi connectivity index (χ4v) is 3.40. The zero-order valence-electron chi connectivity index (χ0n) is 10.8. The molecule has 2 heterocycles. The summed E-state index contributed by atoms with van der Waals surface area (Å²) in [6.45, 7) is 4.46. The molecule has 5 heteroatoms. The number of esters is 1. The van der Waals surface area contributed by atoms with E-state index >= 15 is 0 Å². The molecule has 3 rings (SSSR count). The quantitative estimate of drug-likeness (QED) is 0.588. The number of benzene rings is 1. The maximum Gasteiger partial charge on any atom is 0.399 e. The zero-order chi connectivity index (χ0) is 13.8. The highest BCUT2D eigenvalue weighted by molar-refractivity contribution is 9.10. The molecule has 100 valence electrons. The molecule has 4 nitrogen and oxygen atoms in total. The van der Waals surface area contributed by atoms with Crippen LogP contribution in [0.3, 0.4) is 0 Å². The SMILES string of the molecule is CC(C)[C@@]12OC(=O)C(=O)N1CCc1ccc(Br)cc12. The summed E-state index contributed by atoms with van der Waals surface area (Å²) in [5.74, 6) is -1.28. The minimum absolute atomic E-state index is 0.00347. The van der Waals surface area contributed by atoms with E-state index in [9.17, 15) is 9.59 Å². The largest absolute Gasteiger partial charge is 0.427 e. The minimum Gasteiger partial charge on any atom is -0.427 e. The summed E-state index contributed by atoms with van der Waals surface area (Å²) in [6, 6.07) is 5.95. The van der Waals surface area contributed by atoms with Crippen LogP contribution in [0.25, 0.3) is 0 Å². The van der Waals surface area contributed by atoms with Crippen molar-refractivity contribution in [2.75, 3.05) is 6.54 Å². The molecule has 0 bridgehead atoms. The minimum atomic E-state index is -0.939. The number of ether oxygens (including phenoxy) is 1. The van der Waals surface area contributed by atoms with Gasteiger partial charge in [-0.15, -0.1) is 0 Å². The summed E-state index contributed by atoms with van der Waals surface area (Å²) in [6.07, 6.45) is 0.749. The van der Waals surface area contributed by atoms with Gasteiger partial charge in [0.1, 0.15) is 0 Å². The molecule has 1 aromatic rings. The van der Waals surface area contributed by atoms with Gasteiger partial charge in [0.15, 0.2) is 0 Å². The molecule has 1 saturated heterocycles. The second-order valence-corrected chi connectivity index (χ2v) is 6.16. The molecule has 2 aliphatic heterocycles. The van der Waals surface area contributed by atoms with E-state index in [0.29, 0.717) is 6.54 Å². The lowest BCUT2D eigenvalue weighted by Gasteiger charge is -2.43. The Morgan fingerprint density at radius 1 is 1.37 bits per heavy atom. The van der Waals surface area contributed by atoms with Crippen LogP contribution in [-0.4, -0.2) is 23.3 Å². The molecule has 0 unspecified atom stereocenters. The monoisotopic (exact) mass is 323 g/mol. The molecule has 0 radical (unpaired) electrons. The first-order valence-electron chi connectivity index (χ1n) is 6.30. The predicted octanol–water partition coefficient (Wildman–Crippen LogP) is 2.20. The Morgan fingerprint density at radius 3 is 2.79 bits per heavy atom. The van der Waals surface area contributed by atoms with Crippen LogP contribution >= 0.6 is 15.9 Å². The fourth-order valence-electron chi connectivity index (χ4n) is 3.04. The summed E-state index contributed by atoms with van der Waals surface area (Å²) in [5, 5.41) is 0. The van der Waals surface area contributed by atoms with Gasteiger partial charge in [0, 0.05) is 22.5 Å². The van der Waals surface area contributed by atoms with Gasteiger partial charge in [0.2, 0.25) is 5.72 Å². The Labute approximate surface area is 119 Å². The average Bonchev–Trinajstić information content (AvgIpc) is 2.63. The fraction of sp³-hybridized carbons (Fsp3) is 0.429. The van der Waals surface area contributed by atoms with Crippen molar-refractivity contribution in [3.8, 4) is 0 Å². The van der Waals surface area contributed by atoms with Crippen LogP contribution in [0.2, 0.25) is 0 Å². The lowest BCUT2D eigenvalue weighted by molar-refractivity contribution is -0.167. The van der Waals surface area contributed by atoms with Gasteiger partial charge in [-0.1, -0.05) is 35.8 Å². The normalized spacial score (nSPS) is 25.4. The Balaban J connectivity index is 2.26. The van der Waals surface area contributed by atoms with Crippen molar-refractivity contribution in [3.05, 3.63) is 33.8 Å². The number of amides is 1. The van der Waals surface area contributed by atoms with E-state index < -0.39 is 17.6 Å². The first-order chi connectivity index (χ1) is 8.96. The van der Waals surface area contributed by atoms with Crippen molar-refractivity contribution in [3.63, 3.8) is 0 Å². The molecular weight excluding hydrogens is 310 g/mol. The molecule has 1 atom stereocenters. The molecule has 19 heavy (non-hydrogen) atoms. The number of hydrogen-bond acceptors (Lipinski definition) is 3. The third-order valence-corrected chi connectivity index (χ3v) is 4.41. The van der Waals surface area contributed by atoms with Gasteiger partial charge in [0.25, 0.3) is 0 Å². The molecule has 1 aromatic carbocycles. The number of halogens is 1. The van der Waals surface area contributed by atoms with Gasteiger partial charge in [-0.05, 0) is 24.1 Å². The van der Waals surface area contributed by atoms with Crippen molar-refractivity contribution in [1.82, 2.24) is 4.90 Å². The topological polar surface area (TPSA) is 46.6 Å². The first-order valence-corrected chi connectivity index (χ1v) is 7.10. The van der Waals surface area contributed by atoms with Crippen LogP contribution in [0, 0.1) is 5.92 Å². The molecule has 0 aromatic heterocycles. The lowest BCUT2D eigenvalue weighted by Crippen LogP contribution is -2.52. The van der Waals surface area contributed by atoms with Crippen molar-refractivity contribution in [2.45, 2.75) is 26.0 Å². The second-order valence-electron chi connectivity index (χ2n) is 5.25. The van der Waals surface area contributed by atoms with Crippen LogP contribution < -0.4 is 0 Å². The summed E-state index contributed by atoms with van der Waals surface area (Å²) < 4.78 is 6.44. The van der Waals surface area contributed by atoms with Gasteiger partial charge in [-0.3, -0.25) is 9.69 Å². The molecule has 0 aliphatic carbocycles. The molecular formula is C14H14BrNO3. The van der Waals surface area contributed by atoms with E-state index in [0.717, 1.165) is 22.0 Å². The Bertz CT molecular complexity index is 584. The van der Waals surface area contributed by atoms with Gasteiger partial charge in [-0.25, -0.2) is 4.79 Å². The van der Waals surface area contributed by atoms with E-state index in [1.165, 1.54) is 0 Å². The number of hydrogen-bond donors (Lipinski definition) is 0. The summed E-state index contributed by atoms with van der Waals surface area (Å²) in [5.41, 5.74) is 1.11. The Morgan fingerprint density at radius 2 is 2.11 bits per heavy atom. The maximum atomic E-state index is 12.0. The third kappa shape index (κ3) is 1.57. The van der Waals surface area contributed by atoms with Crippen molar-refractivity contribution in [2.24, 2.45) is 5.92 Å². The number of nitrogens with zero attached hydrogens (tertiary/aromatic N) is 1. The highest BCUT2D eigenvalue weighted by Gasteiger charge is 2.58. The number of fused-ring (bicyclic) bond motifs is 3. The predicted molar refractivity (Wildman–Crippen MR) is 72.2 cm³/mol. The molecule has 1 fully saturated rings. The van der Waals surface area contributed by atoms with Crippen molar-refractivity contribution >= 4 is 27.8 Å². The van der Waals surface area contributed by atoms with Gasteiger partial charge in [-0.2, -0.15) is 0 Å². The summed E-state index contributed by atoms with van der Waals surface area (Å²) >= 11 is 3.45. The van der Waals surface area contributed by atoms with Gasteiger partial charge < -0.3 is 4.74 Å². The first kappa shape index (κ1) is 12.7. The van der Waals surface area contributed by atoms with Crippen LogP contribution in [0.1, 0.15) is 25.0 Å². The molecule has 2 aliphatic rings. The Kier molecular flexibility index (Phi) is 2.71. The number of carbonyl (C=O) groups is 2. The van der Waals surface area contributed by atoms with E-state index in [1.807, 2.05) is 32.0 Å². The van der Waals surface area contributed by atoms with Crippen molar-refractivity contribution in [1.29, 1.82) is 0 Å². The van der Waals surface area contributed by atoms with Crippen molar-refractivity contribution < 1.29 is 14.3 Å². The van der Waals surface area contributed by atoms with E-state index in [4.69, 9.17) is 4.74 Å². The van der Waals surface area contributed by atoms with Gasteiger partial charge >= 0.3 is 11.9 Å². The average molecular weight is 324 g/mol. The molecule has 1 amide bonds. The van der Waals surface area contributed by atoms with Crippen LogP contribution in [0.4, 0.5) is 0 Å². The summed E-state index contributed by atoms with van der Waals surface area (Å²) in [4.78, 5) is 25.3. The lowest BCUT2D eigenvalue weighted by atomic mass is 9.83. The maximum absolute atomic E-state index is 12.0. The standard InChI is InChI=1S/C14H14BrNO3/c1-8(2)14-11-7-10(15)4-3-9(11)5-6-16(14)12(17)13(18)19-14/h3-4,7-8H,5-6H2,1-2H3/t14-/m0/s1. The smallest absolute Gasteiger partial charge is 0.399 e. The van der Waals surface area contributed by atoms with E-state index in [2.05, 4.69) is 15.9 Å². The van der Waals surface area contributed by atoms with Crippen LogP contribution in [-0.2, 0) is 26.5 Å². The summed E-state index contributed by atoms with van der Waals surface area (Å²) in [7, 11) is 0. The third-order valence-electron chi connectivity index (χ3n) is 3.91. The highest BCUT2D eigenvalue weighted by atomic mass is 79.9. The Hall–Kier alpha value is -1.36. The van der Waals surface area contributed by atoms with E-state index in [-0.39, 0.29) is 5.92 Å². The van der Waals surface area contributed by atoms with Crippen LogP contribution in [0.15, 0.2) is 22.7 Å². The van der Waals surface area contributed by atoms with Crippen LogP contribution in [0.5, 0.6) is 0 Å². The molecule has 0 N–H and O–H groups in total. The highest BCUT2D eigenvalue weighted by Crippen LogP contribution is 2.46. The number of rotatable bonds is 1. The zero-order valence-corrected chi connectivity index (χ0v) is 12.4. The molecule has 0 saturated carbocycles. The molecule has 0 spiro atoms. The van der Waals surface area contributed by atoms with E-state index in [1.54, 1.807) is 4.90 Å². The number of carbonyl (C=O) groups excluding carboxylic acids is 2.